The Kier molecular flexibility index (Phi) is 4.57. The van der Waals surface area contributed by atoms with Crippen molar-refractivity contribution in [2.24, 2.45) is 11.3 Å². The highest BCUT2D eigenvalue weighted by atomic mass is 32.2. The Morgan fingerprint density at radius 2 is 2.09 bits per heavy atom. The van der Waals surface area contributed by atoms with Crippen LogP contribution in [0.25, 0.3) is 0 Å². The quantitative estimate of drug-likeness (QED) is 0.861. The van der Waals surface area contributed by atoms with Gasteiger partial charge in [0.15, 0.2) is 0 Å². The summed E-state index contributed by atoms with van der Waals surface area (Å²) >= 11 is 0. The predicted octanol–water partition coefficient (Wildman–Crippen LogP) is 0.918. The molecule has 0 spiro atoms. The van der Waals surface area contributed by atoms with Gasteiger partial charge in [0.2, 0.25) is 10.0 Å². The van der Waals surface area contributed by atoms with Gasteiger partial charge < -0.3 is 9.52 Å². The minimum atomic E-state index is -3.20. The zero-order valence-corrected chi connectivity index (χ0v) is 14.7. The predicted molar refractivity (Wildman–Crippen MR) is 87.4 cm³/mol. The van der Waals surface area contributed by atoms with Crippen LogP contribution in [0.4, 0.5) is 0 Å². The van der Waals surface area contributed by atoms with Crippen LogP contribution in [0.3, 0.4) is 0 Å². The van der Waals surface area contributed by atoms with E-state index in [1.807, 2.05) is 12.1 Å². The van der Waals surface area contributed by atoms with Crippen LogP contribution < -0.4 is 0 Å². The number of aliphatic hydroxyl groups excluding tert-OH is 1. The molecule has 0 aliphatic carbocycles. The topological polar surface area (TPSA) is 74.0 Å². The summed E-state index contributed by atoms with van der Waals surface area (Å²) in [5, 5.41) is 9.99. The fraction of sp³-hybridized carbons (Fsp3) is 0.750. The van der Waals surface area contributed by atoms with Gasteiger partial charge in [-0.05, 0) is 31.0 Å². The minimum Gasteiger partial charge on any atom is -0.465 e. The number of rotatable bonds is 5. The van der Waals surface area contributed by atoms with Crippen molar-refractivity contribution in [3.05, 3.63) is 23.7 Å². The van der Waals surface area contributed by atoms with Crippen LogP contribution in [0.5, 0.6) is 0 Å². The molecule has 0 radical (unpaired) electrons. The lowest BCUT2D eigenvalue weighted by atomic mass is 9.74. The lowest BCUT2D eigenvalue weighted by Crippen LogP contribution is -2.50. The molecule has 2 saturated heterocycles. The molecule has 1 aromatic heterocycles. The highest BCUT2D eigenvalue weighted by Gasteiger charge is 2.51. The molecule has 7 heteroatoms. The number of hydrogen-bond donors (Lipinski definition) is 1. The zero-order valence-electron chi connectivity index (χ0n) is 13.9. The standard InChI is InChI=1S/C16H26N2O4S/c1-3-14-4-5-15(22-14)9-17-7-6-13-8-18(23(2,20)21)11-16(13,10-17)12-19/h4-5,13,19H,3,6-12H2,1-2H3. The first kappa shape index (κ1) is 17.0. The molecule has 2 fully saturated rings. The van der Waals surface area contributed by atoms with E-state index in [1.54, 1.807) is 0 Å². The maximum atomic E-state index is 11.9. The van der Waals surface area contributed by atoms with Crippen molar-refractivity contribution in [2.45, 2.75) is 26.3 Å². The number of sulfonamides is 1. The van der Waals surface area contributed by atoms with E-state index in [2.05, 4.69) is 11.8 Å². The minimum absolute atomic E-state index is 0.0263. The van der Waals surface area contributed by atoms with Gasteiger partial charge in [0.25, 0.3) is 0 Å². The van der Waals surface area contributed by atoms with Gasteiger partial charge in [0.1, 0.15) is 11.5 Å². The van der Waals surface area contributed by atoms with Gasteiger partial charge in [-0.25, -0.2) is 12.7 Å². The number of furan rings is 1. The number of likely N-dealkylation sites (tertiary alicyclic amines) is 1. The molecule has 2 atom stereocenters. The molecule has 130 valence electrons. The second kappa shape index (κ2) is 6.20. The molecule has 1 aromatic rings. The number of hydrogen-bond acceptors (Lipinski definition) is 5. The number of aryl methyl sites for hydroxylation is 1. The summed E-state index contributed by atoms with van der Waals surface area (Å²) in [4.78, 5) is 2.27. The van der Waals surface area contributed by atoms with Crippen LogP contribution in [0.15, 0.2) is 16.5 Å². The molecule has 0 saturated carbocycles. The van der Waals surface area contributed by atoms with Gasteiger partial charge in [-0.3, -0.25) is 4.90 Å². The first-order valence-electron chi connectivity index (χ1n) is 8.22. The fourth-order valence-electron chi connectivity index (χ4n) is 3.96. The van der Waals surface area contributed by atoms with Crippen LogP contribution in [0.1, 0.15) is 24.9 Å². The monoisotopic (exact) mass is 342 g/mol. The zero-order chi connectivity index (χ0) is 16.7. The molecule has 23 heavy (non-hydrogen) atoms. The maximum absolute atomic E-state index is 11.9. The van der Waals surface area contributed by atoms with Gasteiger partial charge in [-0.2, -0.15) is 0 Å². The maximum Gasteiger partial charge on any atom is 0.211 e. The van der Waals surface area contributed by atoms with E-state index in [0.717, 1.165) is 30.9 Å². The second-order valence-corrected chi connectivity index (χ2v) is 8.98. The summed E-state index contributed by atoms with van der Waals surface area (Å²) in [5.41, 5.74) is -0.346. The van der Waals surface area contributed by atoms with Gasteiger partial charge >= 0.3 is 0 Å². The number of fused-ring (bicyclic) bond motifs is 1. The van der Waals surface area contributed by atoms with Crippen LogP contribution in [-0.4, -0.2) is 61.8 Å². The third-order valence-electron chi connectivity index (χ3n) is 5.34. The molecule has 1 N–H and O–H groups in total. The molecular formula is C16H26N2O4S. The van der Waals surface area contributed by atoms with Crippen LogP contribution in [0, 0.1) is 11.3 Å². The molecule has 2 aliphatic rings. The van der Waals surface area contributed by atoms with Crippen molar-refractivity contribution in [3.8, 4) is 0 Å². The largest absolute Gasteiger partial charge is 0.465 e. The third kappa shape index (κ3) is 3.33. The summed E-state index contributed by atoms with van der Waals surface area (Å²) < 4.78 is 31.0. The van der Waals surface area contributed by atoms with Crippen molar-refractivity contribution >= 4 is 10.0 Å². The van der Waals surface area contributed by atoms with E-state index in [-0.39, 0.29) is 17.9 Å². The first-order chi connectivity index (χ1) is 10.9. The first-order valence-corrected chi connectivity index (χ1v) is 10.1. The molecule has 2 unspecified atom stereocenters. The van der Waals surface area contributed by atoms with Gasteiger partial charge in [0.05, 0.1) is 19.4 Å². The van der Waals surface area contributed by atoms with Gasteiger partial charge in [0, 0.05) is 31.5 Å². The van der Waals surface area contributed by atoms with E-state index in [0.29, 0.717) is 26.2 Å². The lowest BCUT2D eigenvalue weighted by Gasteiger charge is -2.42. The smallest absolute Gasteiger partial charge is 0.211 e. The lowest BCUT2D eigenvalue weighted by molar-refractivity contribution is 0.00636. The average Bonchev–Trinajstić information content (AvgIpc) is 3.10. The van der Waals surface area contributed by atoms with E-state index in [1.165, 1.54) is 10.6 Å². The molecule has 0 amide bonds. The second-order valence-electron chi connectivity index (χ2n) is 6.99. The highest BCUT2D eigenvalue weighted by molar-refractivity contribution is 7.88. The van der Waals surface area contributed by atoms with Crippen molar-refractivity contribution in [1.82, 2.24) is 9.21 Å². The summed E-state index contributed by atoms with van der Waals surface area (Å²) in [7, 11) is -3.20. The van der Waals surface area contributed by atoms with E-state index >= 15 is 0 Å². The number of aliphatic hydroxyl groups is 1. The Morgan fingerprint density at radius 3 is 2.70 bits per heavy atom. The number of piperidine rings is 1. The average molecular weight is 342 g/mol. The van der Waals surface area contributed by atoms with Crippen LogP contribution in [0.2, 0.25) is 0 Å². The molecule has 2 aliphatic heterocycles. The normalized spacial score (nSPS) is 29.8. The Hall–Kier alpha value is -0.890. The van der Waals surface area contributed by atoms with E-state index in [4.69, 9.17) is 4.42 Å². The van der Waals surface area contributed by atoms with Crippen LogP contribution >= 0.6 is 0 Å². The third-order valence-corrected chi connectivity index (χ3v) is 6.56. The summed E-state index contributed by atoms with van der Waals surface area (Å²) in [5.74, 6) is 2.16. The Balaban J connectivity index is 1.72. The Morgan fingerprint density at radius 1 is 1.35 bits per heavy atom. The molecule has 0 aromatic carbocycles. The summed E-state index contributed by atoms with van der Waals surface area (Å²) in [6, 6.07) is 4.01. The Bertz CT molecular complexity index is 657. The number of nitrogens with zero attached hydrogens (tertiary/aromatic N) is 2. The summed E-state index contributed by atoms with van der Waals surface area (Å²) in [6.07, 6.45) is 3.04. The molecule has 0 bridgehead atoms. The Labute approximate surface area is 138 Å². The molecular weight excluding hydrogens is 316 g/mol. The van der Waals surface area contributed by atoms with Crippen molar-refractivity contribution < 1.29 is 17.9 Å². The SMILES string of the molecule is CCc1ccc(CN2CCC3CN(S(C)(=O)=O)CC3(CO)C2)o1. The van der Waals surface area contributed by atoms with E-state index < -0.39 is 10.0 Å². The summed E-state index contributed by atoms with van der Waals surface area (Å²) in [6.45, 7) is 5.38. The van der Waals surface area contributed by atoms with Crippen molar-refractivity contribution in [1.29, 1.82) is 0 Å². The van der Waals surface area contributed by atoms with Crippen molar-refractivity contribution in [3.63, 3.8) is 0 Å². The van der Waals surface area contributed by atoms with Gasteiger partial charge in [-0.1, -0.05) is 6.92 Å². The fourth-order valence-corrected chi connectivity index (χ4v) is 4.90. The van der Waals surface area contributed by atoms with E-state index in [9.17, 15) is 13.5 Å². The molecule has 6 nitrogen and oxygen atoms in total. The highest BCUT2D eigenvalue weighted by Crippen LogP contribution is 2.43. The van der Waals surface area contributed by atoms with Crippen LogP contribution in [-0.2, 0) is 23.0 Å². The van der Waals surface area contributed by atoms with Crippen molar-refractivity contribution in [2.75, 3.05) is 39.0 Å². The molecule has 3 rings (SSSR count). The molecule has 3 heterocycles. The van der Waals surface area contributed by atoms with Gasteiger partial charge in [-0.15, -0.1) is 0 Å².